The smallest absolute Gasteiger partial charge is 0.287 e. The Kier molecular flexibility index (Phi) is 7.32. The Morgan fingerprint density at radius 1 is 1.14 bits per heavy atom. The van der Waals surface area contributed by atoms with Crippen LogP contribution in [0.3, 0.4) is 0 Å². The van der Waals surface area contributed by atoms with Crippen LogP contribution in [0.15, 0.2) is 40.8 Å². The molecule has 4 nitrogen and oxygen atoms in total. The number of aryl methyl sites for hydroxylation is 1. The third kappa shape index (κ3) is 5.48. The third-order valence-electron chi connectivity index (χ3n) is 5.96. The minimum absolute atomic E-state index is 0.122. The van der Waals surface area contributed by atoms with Gasteiger partial charge in [-0.25, -0.2) is 0 Å². The summed E-state index contributed by atoms with van der Waals surface area (Å²) in [6.07, 6.45) is 7.34. The second kappa shape index (κ2) is 9.92. The molecule has 0 spiro atoms. The number of benzene rings is 1. The number of furan rings is 1. The first kappa shape index (κ1) is 20.7. The average molecular weight is 383 g/mol. The van der Waals surface area contributed by atoms with Crippen LogP contribution in [-0.4, -0.2) is 22.9 Å². The van der Waals surface area contributed by atoms with Crippen LogP contribution in [0.5, 0.6) is 0 Å². The van der Waals surface area contributed by atoms with E-state index in [-0.39, 0.29) is 11.9 Å². The summed E-state index contributed by atoms with van der Waals surface area (Å²) in [5.41, 5.74) is 2.70. The fraction of sp³-hybridized carbons (Fsp3) is 0.542. The minimum atomic E-state index is -0.122. The molecule has 28 heavy (non-hydrogen) atoms. The summed E-state index contributed by atoms with van der Waals surface area (Å²) in [5.74, 6) is 1.16. The first-order valence-corrected chi connectivity index (χ1v) is 10.7. The van der Waals surface area contributed by atoms with Gasteiger partial charge in [-0.15, -0.1) is 0 Å². The lowest BCUT2D eigenvalue weighted by Gasteiger charge is -2.34. The summed E-state index contributed by atoms with van der Waals surface area (Å²) >= 11 is 0. The molecule has 0 radical (unpaired) electrons. The van der Waals surface area contributed by atoms with E-state index >= 15 is 0 Å². The molecule has 1 atom stereocenters. The highest BCUT2D eigenvalue weighted by molar-refractivity contribution is 5.91. The molecule has 1 aromatic heterocycles. The van der Waals surface area contributed by atoms with Crippen molar-refractivity contribution in [2.24, 2.45) is 0 Å². The molecule has 0 bridgehead atoms. The Balaban J connectivity index is 1.72. The van der Waals surface area contributed by atoms with Crippen molar-refractivity contribution in [2.45, 2.75) is 84.5 Å². The number of hydrogen-bond donors (Lipinski definition) is 1. The van der Waals surface area contributed by atoms with E-state index in [1.54, 1.807) is 6.07 Å². The fourth-order valence-electron chi connectivity index (χ4n) is 3.95. The Morgan fingerprint density at radius 3 is 2.61 bits per heavy atom. The predicted octanol–water partition coefficient (Wildman–Crippen LogP) is 5.45. The van der Waals surface area contributed by atoms with Gasteiger partial charge in [-0.05, 0) is 56.4 Å². The van der Waals surface area contributed by atoms with Crippen molar-refractivity contribution in [1.82, 2.24) is 10.2 Å². The number of rotatable bonds is 8. The topological polar surface area (TPSA) is 45.5 Å². The van der Waals surface area contributed by atoms with Crippen LogP contribution in [0.1, 0.15) is 79.8 Å². The van der Waals surface area contributed by atoms with E-state index in [0.717, 1.165) is 25.3 Å². The lowest BCUT2D eigenvalue weighted by molar-refractivity contribution is 0.0901. The summed E-state index contributed by atoms with van der Waals surface area (Å²) in [4.78, 5) is 14.9. The number of amides is 1. The molecule has 1 aliphatic carbocycles. The highest BCUT2D eigenvalue weighted by atomic mass is 16.4. The molecule has 1 unspecified atom stereocenters. The zero-order valence-corrected chi connectivity index (χ0v) is 17.5. The van der Waals surface area contributed by atoms with Crippen LogP contribution in [0.4, 0.5) is 0 Å². The number of nitrogens with one attached hydrogen (secondary N) is 1. The molecule has 1 amide bonds. The van der Waals surface area contributed by atoms with Crippen molar-refractivity contribution in [3.63, 3.8) is 0 Å². The Bertz CT molecular complexity index is 761. The monoisotopic (exact) mass is 382 g/mol. The molecule has 152 valence electrons. The molecule has 1 aromatic carbocycles. The van der Waals surface area contributed by atoms with E-state index in [1.165, 1.54) is 43.2 Å². The van der Waals surface area contributed by atoms with Gasteiger partial charge in [-0.3, -0.25) is 9.69 Å². The Morgan fingerprint density at radius 2 is 1.89 bits per heavy atom. The number of carbonyl (C=O) groups excluding carboxylic acids is 1. The van der Waals surface area contributed by atoms with Crippen molar-refractivity contribution < 1.29 is 9.21 Å². The van der Waals surface area contributed by atoms with E-state index < -0.39 is 0 Å². The number of nitrogens with zero attached hydrogens (tertiary/aromatic N) is 1. The zero-order chi connectivity index (χ0) is 19.9. The zero-order valence-electron chi connectivity index (χ0n) is 17.5. The van der Waals surface area contributed by atoms with Gasteiger partial charge in [0.05, 0.1) is 6.54 Å². The molecule has 1 saturated carbocycles. The summed E-state index contributed by atoms with van der Waals surface area (Å²) in [6.45, 7) is 7.92. The van der Waals surface area contributed by atoms with Crippen LogP contribution >= 0.6 is 0 Å². The first-order chi connectivity index (χ1) is 13.6. The van der Waals surface area contributed by atoms with E-state index in [1.807, 2.05) is 13.0 Å². The highest BCUT2D eigenvalue weighted by Crippen LogP contribution is 2.27. The highest BCUT2D eigenvalue weighted by Gasteiger charge is 2.23. The van der Waals surface area contributed by atoms with E-state index in [4.69, 9.17) is 4.42 Å². The van der Waals surface area contributed by atoms with Crippen LogP contribution in [-0.2, 0) is 13.1 Å². The van der Waals surface area contributed by atoms with Gasteiger partial charge in [0.1, 0.15) is 5.76 Å². The van der Waals surface area contributed by atoms with Gasteiger partial charge in [-0.2, -0.15) is 0 Å². The van der Waals surface area contributed by atoms with E-state index in [0.29, 0.717) is 11.8 Å². The van der Waals surface area contributed by atoms with Gasteiger partial charge < -0.3 is 9.73 Å². The minimum Gasteiger partial charge on any atom is -0.455 e. The molecule has 1 N–H and O–H groups in total. The van der Waals surface area contributed by atoms with Crippen molar-refractivity contribution in [2.75, 3.05) is 0 Å². The summed E-state index contributed by atoms with van der Waals surface area (Å²) in [5, 5.41) is 2.98. The molecule has 4 heteroatoms. The van der Waals surface area contributed by atoms with E-state index in [9.17, 15) is 4.79 Å². The third-order valence-corrected chi connectivity index (χ3v) is 5.96. The molecule has 1 heterocycles. The Labute approximate surface area is 169 Å². The first-order valence-electron chi connectivity index (χ1n) is 10.7. The molecule has 3 rings (SSSR count). The van der Waals surface area contributed by atoms with E-state index in [2.05, 4.69) is 48.3 Å². The molecular weight excluding hydrogens is 348 g/mol. The summed E-state index contributed by atoms with van der Waals surface area (Å²) in [6, 6.07) is 13.1. The molecule has 1 aliphatic rings. The largest absolute Gasteiger partial charge is 0.455 e. The predicted molar refractivity (Wildman–Crippen MR) is 113 cm³/mol. The van der Waals surface area contributed by atoms with Crippen molar-refractivity contribution in [3.05, 3.63) is 59.0 Å². The molecule has 1 fully saturated rings. The maximum absolute atomic E-state index is 12.3. The summed E-state index contributed by atoms with van der Waals surface area (Å²) < 4.78 is 5.93. The Hall–Kier alpha value is -2.07. The second-order valence-corrected chi connectivity index (χ2v) is 8.17. The van der Waals surface area contributed by atoms with Gasteiger partial charge in [-0.1, -0.05) is 50.5 Å². The standard InChI is InChI=1S/C24H34N2O2/c1-4-19(3)25-24(27)23-15-14-22(28-23)17-26(21-12-6-5-7-13-21)16-20-11-9-8-10-18(20)2/h8-11,14-15,19,21H,4-7,12-13,16-17H2,1-3H3,(H,25,27). The summed E-state index contributed by atoms with van der Waals surface area (Å²) in [7, 11) is 0. The lowest BCUT2D eigenvalue weighted by Crippen LogP contribution is -2.36. The van der Waals surface area contributed by atoms with Crippen molar-refractivity contribution in [3.8, 4) is 0 Å². The van der Waals surface area contributed by atoms with Crippen LogP contribution < -0.4 is 5.32 Å². The van der Waals surface area contributed by atoms with Gasteiger partial charge in [0.25, 0.3) is 5.91 Å². The van der Waals surface area contributed by atoms with Gasteiger partial charge >= 0.3 is 0 Å². The van der Waals surface area contributed by atoms with Crippen LogP contribution in [0.2, 0.25) is 0 Å². The van der Waals surface area contributed by atoms with Crippen molar-refractivity contribution >= 4 is 5.91 Å². The lowest BCUT2D eigenvalue weighted by atomic mass is 9.93. The maximum atomic E-state index is 12.3. The molecular formula is C24H34N2O2. The average Bonchev–Trinajstić information content (AvgIpc) is 3.18. The molecule has 2 aromatic rings. The van der Waals surface area contributed by atoms with Crippen LogP contribution in [0.25, 0.3) is 0 Å². The fourth-order valence-corrected chi connectivity index (χ4v) is 3.95. The second-order valence-electron chi connectivity index (χ2n) is 8.17. The molecule has 0 aliphatic heterocycles. The normalized spacial score (nSPS) is 16.3. The van der Waals surface area contributed by atoms with Crippen molar-refractivity contribution in [1.29, 1.82) is 0 Å². The van der Waals surface area contributed by atoms with Gasteiger partial charge in [0, 0.05) is 18.6 Å². The van der Waals surface area contributed by atoms with Crippen LogP contribution in [0, 0.1) is 6.92 Å². The number of carbonyl (C=O) groups is 1. The quantitative estimate of drug-likeness (QED) is 0.660. The molecule has 0 saturated heterocycles. The van der Waals surface area contributed by atoms with Gasteiger partial charge in [0.2, 0.25) is 0 Å². The maximum Gasteiger partial charge on any atom is 0.287 e. The van der Waals surface area contributed by atoms with Gasteiger partial charge in [0.15, 0.2) is 5.76 Å². The SMILES string of the molecule is CCC(C)NC(=O)c1ccc(CN(Cc2ccccc2C)C2CCCCC2)o1. The number of hydrogen-bond acceptors (Lipinski definition) is 3.